The maximum absolute atomic E-state index is 12.5. The van der Waals surface area contributed by atoms with Gasteiger partial charge in [0.05, 0.1) is 32.0 Å². The van der Waals surface area contributed by atoms with Gasteiger partial charge in [-0.3, -0.25) is 14.3 Å². The molecule has 21 heavy (non-hydrogen) atoms. The van der Waals surface area contributed by atoms with Gasteiger partial charge in [-0.05, 0) is 12.1 Å². The molecule has 1 aliphatic rings. The molecule has 2 heterocycles. The number of methoxy groups -OCH3 is 1. The molecule has 0 aliphatic carbocycles. The van der Waals surface area contributed by atoms with Crippen LogP contribution in [0.3, 0.4) is 0 Å². The van der Waals surface area contributed by atoms with Crippen molar-refractivity contribution in [3.8, 4) is 5.75 Å². The Morgan fingerprint density at radius 1 is 1.29 bits per heavy atom. The van der Waals surface area contributed by atoms with E-state index in [0.717, 1.165) is 32.8 Å². The summed E-state index contributed by atoms with van der Waals surface area (Å²) in [7, 11) is 1.58. The molecule has 1 aliphatic heterocycles. The van der Waals surface area contributed by atoms with Gasteiger partial charge in [0.15, 0.2) is 0 Å². The first-order chi connectivity index (χ1) is 10.3. The predicted molar refractivity (Wildman–Crippen MR) is 79.8 cm³/mol. The first-order valence-electron chi connectivity index (χ1n) is 7.12. The van der Waals surface area contributed by atoms with Gasteiger partial charge in [-0.2, -0.15) is 0 Å². The Balaban J connectivity index is 1.83. The normalized spacial score (nSPS) is 16.2. The number of nitrogens with zero attached hydrogens (tertiary/aromatic N) is 3. The van der Waals surface area contributed by atoms with Gasteiger partial charge in [-0.15, -0.1) is 0 Å². The highest BCUT2D eigenvalue weighted by molar-refractivity contribution is 5.83. The number of ether oxygens (including phenoxy) is 2. The fraction of sp³-hybridized carbons (Fsp3) is 0.467. The molecular formula is C15H19N3O3. The third-order valence-corrected chi connectivity index (χ3v) is 3.80. The van der Waals surface area contributed by atoms with E-state index < -0.39 is 0 Å². The number of para-hydroxylation sites is 1. The molecule has 1 aromatic heterocycles. The molecule has 3 rings (SSSR count). The van der Waals surface area contributed by atoms with Crippen LogP contribution in [0.15, 0.2) is 29.3 Å². The minimum atomic E-state index is -0.0211. The number of morpholine rings is 1. The topological polar surface area (TPSA) is 56.6 Å². The summed E-state index contributed by atoms with van der Waals surface area (Å²) in [5.41, 5.74) is 0.597. The van der Waals surface area contributed by atoms with Crippen LogP contribution in [0.2, 0.25) is 0 Å². The first-order valence-corrected chi connectivity index (χ1v) is 7.12. The lowest BCUT2D eigenvalue weighted by Gasteiger charge is -2.26. The van der Waals surface area contributed by atoms with Crippen molar-refractivity contribution in [2.75, 3.05) is 40.0 Å². The van der Waals surface area contributed by atoms with Crippen molar-refractivity contribution in [2.45, 2.75) is 6.54 Å². The quantitative estimate of drug-likeness (QED) is 0.831. The molecule has 1 fully saturated rings. The van der Waals surface area contributed by atoms with Crippen LogP contribution in [0.25, 0.3) is 10.9 Å². The van der Waals surface area contributed by atoms with E-state index in [1.165, 1.54) is 0 Å². The Morgan fingerprint density at radius 3 is 2.86 bits per heavy atom. The van der Waals surface area contributed by atoms with Crippen LogP contribution in [-0.2, 0) is 11.3 Å². The molecule has 1 aromatic carbocycles. The fourth-order valence-electron chi connectivity index (χ4n) is 2.56. The van der Waals surface area contributed by atoms with E-state index >= 15 is 0 Å². The van der Waals surface area contributed by atoms with Crippen molar-refractivity contribution in [1.82, 2.24) is 14.5 Å². The molecule has 0 amide bonds. The van der Waals surface area contributed by atoms with E-state index in [0.29, 0.717) is 23.2 Å². The summed E-state index contributed by atoms with van der Waals surface area (Å²) in [5.74, 6) is 0.630. The lowest BCUT2D eigenvalue weighted by molar-refractivity contribution is 0.0362. The standard InChI is InChI=1S/C15H19N3O3/c1-20-13-4-2-3-12-14(13)16-11-18(15(12)19)6-5-17-7-9-21-10-8-17/h2-4,11H,5-10H2,1H3. The minimum absolute atomic E-state index is 0.0211. The van der Waals surface area contributed by atoms with Crippen molar-refractivity contribution in [3.63, 3.8) is 0 Å². The second kappa shape index (κ2) is 6.24. The highest BCUT2D eigenvalue weighted by Gasteiger charge is 2.12. The molecule has 0 saturated carbocycles. The average molecular weight is 289 g/mol. The summed E-state index contributed by atoms with van der Waals surface area (Å²) in [4.78, 5) is 19.2. The van der Waals surface area contributed by atoms with Gasteiger partial charge in [-0.1, -0.05) is 6.07 Å². The lowest BCUT2D eigenvalue weighted by Crippen LogP contribution is -2.39. The number of fused-ring (bicyclic) bond motifs is 1. The summed E-state index contributed by atoms with van der Waals surface area (Å²) in [6.45, 7) is 4.84. The van der Waals surface area contributed by atoms with Gasteiger partial charge >= 0.3 is 0 Å². The van der Waals surface area contributed by atoms with Crippen molar-refractivity contribution >= 4 is 10.9 Å². The lowest BCUT2D eigenvalue weighted by atomic mass is 10.2. The van der Waals surface area contributed by atoms with E-state index in [4.69, 9.17) is 9.47 Å². The van der Waals surface area contributed by atoms with Gasteiger partial charge in [0, 0.05) is 26.2 Å². The van der Waals surface area contributed by atoms with Crippen molar-refractivity contribution in [2.24, 2.45) is 0 Å². The SMILES string of the molecule is COc1cccc2c(=O)n(CCN3CCOCC3)cnc12. The zero-order valence-electron chi connectivity index (χ0n) is 12.1. The fourth-order valence-corrected chi connectivity index (χ4v) is 2.56. The van der Waals surface area contributed by atoms with E-state index in [1.54, 1.807) is 24.1 Å². The predicted octanol–water partition coefficient (Wildman–Crippen LogP) is 0.737. The van der Waals surface area contributed by atoms with Gasteiger partial charge in [-0.25, -0.2) is 4.98 Å². The second-order valence-electron chi connectivity index (χ2n) is 5.05. The number of rotatable bonds is 4. The van der Waals surface area contributed by atoms with Crippen molar-refractivity contribution in [3.05, 3.63) is 34.9 Å². The maximum atomic E-state index is 12.5. The van der Waals surface area contributed by atoms with Crippen molar-refractivity contribution in [1.29, 1.82) is 0 Å². The summed E-state index contributed by atoms with van der Waals surface area (Å²) >= 11 is 0. The number of aromatic nitrogens is 2. The Morgan fingerprint density at radius 2 is 2.10 bits per heavy atom. The number of benzene rings is 1. The van der Waals surface area contributed by atoms with Gasteiger partial charge in [0.1, 0.15) is 11.3 Å². The van der Waals surface area contributed by atoms with Crippen LogP contribution >= 0.6 is 0 Å². The average Bonchev–Trinajstić information content (AvgIpc) is 2.55. The molecule has 0 N–H and O–H groups in total. The van der Waals surface area contributed by atoms with E-state index in [-0.39, 0.29) is 5.56 Å². The van der Waals surface area contributed by atoms with E-state index in [1.807, 2.05) is 12.1 Å². The van der Waals surface area contributed by atoms with Gasteiger partial charge < -0.3 is 9.47 Å². The first kappa shape index (κ1) is 14.0. The molecule has 6 heteroatoms. The zero-order valence-corrected chi connectivity index (χ0v) is 12.1. The molecule has 0 spiro atoms. The van der Waals surface area contributed by atoms with Crippen LogP contribution in [0.4, 0.5) is 0 Å². The van der Waals surface area contributed by atoms with E-state index in [9.17, 15) is 4.79 Å². The summed E-state index contributed by atoms with van der Waals surface area (Å²) in [6, 6.07) is 5.42. The third kappa shape index (κ3) is 2.91. The Kier molecular flexibility index (Phi) is 4.17. The highest BCUT2D eigenvalue weighted by Crippen LogP contribution is 2.19. The minimum Gasteiger partial charge on any atom is -0.494 e. The van der Waals surface area contributed by atoms with Crippen LogP contribution in [0, 0.1) is 0 Å². The largest absolute Gasteiger partial charge is 0.494 e. The van der Waals surface area contributed by atoms with E-state index in [2.05, 4.69) is 9.88 Å². The summed E-state index contributed by atoms with van der Waals surface area (Å²) < 4.78 is 12.2. The van der Waals surface area contributed by atoms with Crippen LogP contribution in [0.1, 0.15) is 0 Å². The van der Waals surface area contributed by atoms with Gasteiger partial charge in [0.2, 0.25) is 0 Å². The molecule has 2 aromatic rings. The molecular weight excluding hydrogens is 270 g/mol. The maximum Gasteiger partial charge on any atom is 0.261 e. The second-order valence-corrected chi connectivity index (χ2v) is 5.05. The Labute approximate surface area is 122 Å². The Bertz CT molecular complexity index is 677. The van der Waals surface area contributed by atoms with Gasteiger partial charge in [0.25, 0.3) is 5.56 Å². The molecule has 0 radical (unpaired) electrons. The molecule has 0 unspecified atom stereocenters. The monoisotopic (exact) mass is 289 g/mol. The molecule has 0 atom stereocenters. The zero-order chi connectivity index (χ0) is 14.7. The van der Waals surface area contributed by atoms with Crippen LogP contribution in [-0.4, -0.2) is 54.4 Å². The highest BCUT2D eigenvalue weighted by atomic mass is 16.5. The summed E-state index contributed by atoms with van der Waals surface area (Å²) in [5, 5.41) is 0.596. The Hall–Kier alpha value is -1.92. The van der Waals surface area contributed by atoms with Crippen molar-refractivity contribution < 1.29 is 9.47 Å². The van der Waals surface area contributed by atoms with Crippen LogP contribution < -0.4 is 10.3 Å². The van der Waals surface area contributed by atoms with Crippen LogP contribution in [0.5, 0.6) is 5.75 Å². The molecule has 1 saturated heterocycles. The number of hydrogen-bond acceptors (Lipinski definition) is 5. The summed E-state index contributed by atoms with van der Waals surface area (Å²) in [6.07, 6.45) is 1.60. The smallest absolute Gasteiger partial charge is 0.261 e. The molecule has 112 valence electrons. The number of hydrogen-bond donors (Lipinski definition) is 0. The third-order valence-electron chi connectivity index (χ3n) is 3.80. The molecule has 0 bridgehead atoms. The molecule has 6 nitrogen and oxygen atoms in total.